The van der Waals surface area contributed by atoms with Gasteiger partial charge in [-0.1, -0.05) is 43.1 Å². The van der Waals surface area contributed by atoms with Crippen LogP contribution < -0.4 is 20.1 Å². The molecule has 2 N–H and O–H groups in total. The predicted molar refractivity (Wildman–Crippen MR) is 142 cm³/mol. The monoisotopic (exact) mass is 525 g/mol. The lowest BCUT2D eigenvalue weighted by Gasteiger charge is -2.44. The summed E-state index contributed by atoms with van der Waals surface area (Å²) in [6.07, 6.45) is 0.898. The van der Waals surface area contributed by atoms with Crippen molar-refractivity contribution >= 4 is 34.7 Å². The number of rotatable bonds is 6. The molecule has 8 heteroatoms. The molecule has 1 heterocycles. The van der Waals surface area contributed by atoms with Crippen molar-refractivity contribution in [1.29, 1.82) is 5.26 Å². The lowest BCUT2D eigenvalue weighted by molar-refractivity contribution is -0.118. The molecule has 6 nitrogen and oxygen atoms in total. The van der Waals surface area contributed by atoms with E-state index >= 15 is 0 Å². The number of allylic oxidation sites excluding steroid dienone is 3. The molecule has 2 aliphatic rings. The van der Waals surface area contributed by atoms with E-state index in [1.54, 1.807) is 23.1 Å². The van der Waals surface area contributed by atoms with Crippen molar-refractivity contribution in [3.63, 3.8) is 0 Å². The fourth-order valence-corrected chi connectivity index (χ4v) is 5.44. The van der Waals surface area contributed by atoms with Crippen molar-refractivity contribution in [2.75, 3.05) is 18.1 Å². The number of carbonyl (C=O) groups excluding carboxylic acids is 1. The highest BCUT2D eigenvalue weighted by Gasteiger charge is 2.46. The SMILES string of the molecule is CCOc1ccc(OCC)c(C2C(C#N)=C(N)N(c3cccc(Cl)c3Cl)C3=C2C(=O)CC(C)(C)C3)c1. The van der Waals surface area contributed by atoms with Gasteiger partial charge in [0.15, 0.2) is 5.78 Å². The Hall–Kier alpha value is -3.14. The smallest absolute Gasteiger partial charge is 0.162 e. The van der Waals surface area contributed by atoms with Gasteiger partial charge in [-0.25, -0.2) is 0 Å². The first-order valence-electron chi connectivity index (χ1n) is 11.9. The molecule has 2 aromatic carbocycles. The molecule has 2 aromatic rings. The van der Waals surface area contributed by atoms with Crippen molar-refractivity contribution in [3.8, 4) is 17.6 Å². The second kappa shape index (κ2) is 10.1. The van der Waals surface area contributed by atoms with E-state index in [9.17, 15) is 10.1 Å². The van der Waals surface area contributed by atoms with Gasteiger partial charge in [-0.05, 0) is 56.0 Å². The lowest BCUT2D eigenvalue weighted by Crippen LogP contribution is -2.42. The Morgan fingerprint density at radius 2 is 1.86 bits per heavy atom. The van der Waals surface area contributed by atoms with Gasteiger partial charge >= 0.3 is 0 Å². The molecular formula is C28H29Cl2N3O3. The molecular weight excluding hydrogens is 497 g/mol. The topological polar surface area (TPSA) is 88.6 Å². The maximum atomic E-state index is 13.8. The number of anilines is 1. The zero-order valence-electron chi connectivity index (χ0n) is 20.8. The quantitative estimate of drug-likeness (QED) is 0.449. The summed E-state index contributed by atoms with van der Waals surface area (Å²) in [5.41, 5.74) is 9.09. The average molecular weight is 526 g/mol. The van der Waals surface area contributed by atoms with Gasteiger partial charge in [0.2, 0.25) is 0 Å². The Morgan fingerprint density at radius 1 is 1.14 bits per heavy atom. The van der Waals surface area contributed by atoms with E-state index in [-0.39, 0.29) is 22.6 Å². The van der Waals surface area contributed by atoms with E-state index in [1.807, 2.05) is 45.9 Å². The molecule has 0 radical (unpaired) electrons. The summed E-state index contributed by atoms with van der Waals surface area (Å²) in [5.74, 6) is 0.659. The summed E-state index contributed by atoms with van der Waals surface area (Å²) in [7, 11) is 0. The molecule has 0 fully saturated rings. The largest absolute Gasteiger partial charge is 0.494 e. The Bertz CT molecular complexity index is 1320. The summed E-state index contributed by atoms with van der Waals surface area (Å²) < 4.78 is 11.7. The third kappa shape index (κ3) is 4.54. The third-order valence-electron chi connectivity index (χ3n) is 6.46. The Labute approximate surface area is 221 Å². The van der Waals surface area contributed by atoms with E-state index in [0.29, 0.717) is 70.1 Å². The number of nitrogens with two attached hydrogens (primary N) is 1. The number of carbonyl (C=O) groups is 1. The van der Waals surface area contributed by atoms with E-state index in [0.717, 1.165) is 0 Å². The molecule has 1 unspecified atom stereocenters. The molecule has 0 saturated heterocycles. The van der Waals surface area contributed by atoms with Crippen LogP contribution in [0.2, 0.25) is 10.0 Å². The van der Waals surface area contributed by atoms with Gasteiger partial charge in [0, 0.05) is 23.3 Å². The van der Waals surface area contributed by atoms with Crippen molar-refractivity contribution in [2.45, 2.75) is 46.5 Å². The maximum absolute atomic E-state index is 13.8. The van der Waals surface area contributed by atoms with Gasteiger partial charge in [-0.15, -0.1) is 0 Å². The van der Waals surface area contributed by atoms with Gasteiger partial charge in [0.25, 0.3) is 0 Å². The minimum Gasteiger partial charge on any atom is -0.494 e. The number of Topliss-reactive ketones (excluding diaryl/α,β-unsaturated/α-hetero) is 1. The second-order valence-corrected chi connectivity index (χ2v) is 10.4. The fraction of sp³-hybridized carbons (Fsp3) is 0.357. The maximum Gasteiger partial charge on any atom is 0.162 e. The van der Waals surface area contributed by atoms with Crippen LogP contribution in [0.5, 0.6) is 11.5 Å². The Kier molecular flexibility index (Phi) is 7.26. The van der Waals surface area contributed by atoms with Crippen LogP contribution in [-0.4, -0.2) is 19.0 Å². The van der Waals surface area contributed by atoms with Gasteiger partial charge in [0.1, 0.15) is 17.3 Å². The van der Waals surface area contributed by atoms with E-state index in [2.05, 4.69) is 6.07 Å². The standard InChI is InChI=1S/C28H29Cl2N3O3/c1-5-35-16-10-11-23(36-6-2)17(12-16)24-18(15-31)27(32)33(20-9-7-8-19(29)26(20)30)21-13-28(3,4)14-22(34)25(21)24/h7-12,24H,5-6,13-14,32H2,1-4H3. The first-order valence-corrected chi connectivity index (χ1v) is 12.7. The molecule has 1 aliphatic carbocycles. The molecule has 36 heavy (non-hydrogen) atoms. The van der Waals surface area contributed by atoms with Gasteiger partial charge < -0.3 is 15.2 Å². The highest BCUT2D eigenvalue weighted by atomic mass is 35.5. The normalized spacial score (nSPS) is 19.2. The van der Waals surface area contributed by atoms with E-state index in [4.69, 9.17) is 38.4 Å². The molecule has 0 spiro atoms. The fourth-order valence-electron chi connectivity index (χ4n) is 5.06. The summed E-state index contributed by atoms with van der Waals surface area (Å²) in [4.78, 5) is 15.5. The molecule has 1 atom stereocenters. The van der Waals surface area contributed by atoms with Crippen LogP contribution in [0, 0.1) is 16.7 Å². The van der Waals surface area contributed by atoms with Crippen LogP contribution >= 0.6 is 23.2 Å². The van der Waals surface area contributed by atoms with Gasteiger partial charge in [-0.3, -0.25) is 9.69 Å². The number of nitrogens with zero attached hydrogens (tertiary/aromatic N) is 2. The summed E-state index contributed by atoms with van der Waals surface area (Å²) >= 11 is 13.0. The van der Waals surface area contributed by atoms with Crippen LogP contribution in [0.4, 0.5) is 5.69 Å². The van der Waals surface area contributed by atoms with Crippen molar-refractivity contribution < 1.29 is 14.3 Å². The van der Waals surface area contributed by atoms with Crippen LogP contribution in [0.1, 0.15) is 52.0 Å². The number of hydrogen-bond acceptors (Lipinski definition) is 6. The van der Waals surface area contributed by atoms with Crippen LogP contribution in [0.25, 0.3) is 0 Å². The average Bonchev–Trinajstić information content (AvgIpc) is 2.81. The molecule has 0 bridgehead atoms. The number of ketones is 1. The second-order valence-electron chi connectivity index (χ2n) is 9.62. The highest BCUT2D eigenvalue weighted by molar-refractivity contribution is 6.43. The number of ether oxygens (including phenoxy) is 2. The van der Waals surface area contributed by atoms with E-state index < -0.39 is 5.92 Å². The summed E-state index contributed by atoms with van der Waals surface area (Å²) in [6, 6.07) is 13.0. The molecule has 1 aliphatic heterocycles. The lowest BCUT2D eigenvalue weighted by atomic mass is 9.68. The molecule has 0 aromatic heterocycles. The predicted octanol–water partition coefficient (Wildman–Crippen LogP) is 6.73. The Morgan fingerprint density at radius 3 is 2.53 bits per heavy atom. The highest BCUT2D eigenvalue weighted by Crippen LogP contribution is 2.53. The first-order chi connectivity index (χ1) is 17.1. The van der Waals surface area contributed by atoms with E-state index in [1.165, 1.54) is 0 Å². The summed E-state index contributed by atoms with van der Waals surface area (Å²) in [6.45, 7) is 8.77. The number of hydrogen-bond donors (Lipinski definition) is 1. The molecule has 0 amide bonds. The minimum absolute atomic E-state index is 0.0427. The number of halogens is 2. The molecule has 4 rings (SSSR count). The van der Waals surface area contributed by atoms with Crippen molar-refractivity contribution in [3.05, 3.63) is 74.7 Å². The molecule has 188 valence electrons. The third-order valence-corrected chi connectivity index (χ3v) is 7.27. The van der Waals surface area contributed by atoms with Crippen LogP contribution in [-0.2, 0) is 4.79 Å². The van der Waals surface area contributed by atoms with Crippen molar-refractivity contribution in [2.24, 2.45) is 11.1 Å². The van der Waals surface area contributed by atoms with Crippen molar-refractivity contribution in [1.82, 2.24) is 0 Å². The zero-order valence-corrected chi connectivity index (χ0v) is 22.3. The molecule has 0 saturated carbocycles. The summed E-state index contributed by atoms with van der Waals surface area (Å²) in [5, 5.41) is 11.0. The van der Waals surface area contributed by atoms with Gasteiger partial charge in [0.05, 0.1) is 46.5 Å². The van der Waals surface area contributed by atoms with Gasteiger partial charge in [-0.2, -0.15) is 5.26 Å². The van der Waals surface area contributed by atoms with Crippen LogP contribution in [0.15, 0.2) is 59.1 Å². The zero-order chi connectivity index (χ0) is 26.2. The van der Waals surface area contributed by atoms with Crippen LogP contribution in [0.3, 0.4) is 0 Å². The minimum atomic E-state index is -0.704. The number of benzene rings is 2. The Balaban J connectivity index is 2.05. The first kappa shape index (κ1) is 25.9. The number of nitriles is 1.